The van der Waals surface area contributed by atoms with E-state index in [9.17, 15) is 9.59 Å². The van der Waals surface area contributed by atoms with Crippen molar-refractivity contribution in [3.05, 3.63) is 52.6 Å². The maximum atomic E-state index is 12.5. The molecule has 0 spiro atoms. The normalized spacial score (nSPS) is 17.6. The van der Waals surface area contributed by atoms with Gasteiger partial charge in [-0.1, -0.05) is 24.3 Å². The summed E-state index contributed by atoms with van der Waals surface area (Å²) in [6.45, 7) is 0. The van der Waals surface area contributed by atoms with Gasteiger partial charge in [-0.2, -0.15) is 0 Å². The van der Waals surface area contributed by atoms with E-state index in [0.29, 0.717) is 40.9 Å². The fraction of sp³-hybridized carbons (Fsp3) is 0.200. The van der Waals surface area contributed by atoms with Crippen molar-refractivity contribution >= 4 is 11.6 Å². The predicted octanol–water partition coefficient (Wildman–Crippen LogP) is 2.72. The van der Waals surface area contributed by atoms with E-state index in [-0.39, 0.29) is 11.6 Å². The fourth-order valence-electron chi connectivity index (χ4n) is 2.55. The van der Waals surface area contributed by atoms with Crippen molar-refractivity contribution in [1.82, 2.24) is 0 Å². The number of carbonyl (C=O) groups is 2. The van der Waals surface area contributed by atoms with Gasteiger partial charge in [0, 0.05) is 16.7 Å². The summed E-state index contributed by atoms with van der Waals surface area (Å²) < 4.78 is 5.20. The summed E-state index contributed by atoms with van der Waals surface area (Å²) in [4.78, 5) is 24.8. The molecule has 0 fully saturated rings. The number of ketones is 2. The Balaban J connectivity index is 2.24. The number of hydrogen-bond donors (Lipinski definition) is 0. The van der Waals surface area contributed by atoms with E-state index in [1.165, 1.54) is 7.11 Å². The Morgan fingerprint density at radius 1 is 1.00 bits per heavy atom. The monoisotopic (exact) mass is 240 g/mol. The van der Waals surface area contributed by atoms with Crippen molar-refractivity contribution in [2.75, 3.05) is 7.11 Å². The molecule has 0 heterocycles. The highest BCUT2D eigenvalue weighted by molar-refractivity contribution is 6.28. The van der Waals surface area contributed by atoms with Crippen LogP contribution in [-0.4, -0.2) is 18.7 Å². The third-order valence-corrected chi connectivity index (χ3v) is 3.44. The van der Waals surface area contributed by atoms with Crippen LogP contribution in [0.5, 0.6) is 5.75 Å². The van der Waals surface area contributed by atoms with Crippen LogP contribution < -0.4 is 4.74 Å². The lowest BCUT2D eigenvalue weighted by molar-refractivity contribution is 0.0968. The van der Waals surface area contributed by atoms with Gasteiger partial charge in [-0.05, 0) is 18.9 Å². The Kier molecular flexibility index (Phi) is 2.40. The third-order valence-electron chi connectivity index (χ3n) is 3.44. The number of Topliss-reactive ketones (excluding diaryl/α,β-unsaturated/α-hetero) is 2. The third kappa shape index (κ3) is 1.37. The summed E-state index contributed by atoms with van der Waals surface area (Å²) in [5.74, 6) is 0.371. The minimum Gasteiger partial charge on any atom is -0.496 e. The largest absolute Gasteiger partial charge is 0.496 e. The molecule has 1 aromatic rings. The van der Waals surface area contributed by atoms with E-state index < -0.39 is 0 Å². The maximum absolute atomic E-state index is 12.5. The Bertz CT molecular complexity index is 621. The highest BCUT2D eigenvalue weighted by atomic mass is 16.5. The Morgan fingerprint density at radius 2 is 1.67 bits per heavy atom. The minimum absolute atomic E-state index is 0.0390. The number of allylic oxidation sites excluding steroid dienone is 4. The zero-order chi connectivity index (χ0) is 12.7. The van der Waals surface area contributed by atoms with E-state index in [1.807, 2.05) is 12.2 Å². The van der Waals surface area contributed by atoms with Crippen molar-refractivity contribution < 1.29 is 14.3 Å². The SMILES string of the molecule is COc1cccc2c1C(=O)C1=C(CC=CC1)C2=O. The van der Waals surface area contributed by atoms with Crippen LogP contribution in [0, 0.1) is 0 Å². The number of fused-ring (bicyclic) bond motifs is 1. The molecule has 2 aliphatic rings. The topological polar surface area (TPSA) is 43.4 Å². The van der Waals surface area contributed by atoms with Gasteiger partial charge in [-0.3, -0.25) is 9.59 Å². The molecule has 0 unspecified atom stereocenters. The first-order chi connectivity index (χ1) is 8.74. The molecule has 0 saturated carbocycles. The molecule has 3 nitrogen and oxygen atoms in total. The van der Waals surface area contributed by atoms with Gasteiger partial charge >= 0.3 is 0 Å². The smallest absolute Gasteiger partial charge is 0.194 e. The summed E-state index contributed by atoms with van der Waals surface area (Å²) in [7, 11) is 1.51. The van der Waals surface area contributed by atoms with Crippen LogP contribution in [0.4, 0.5) is 0 Å². The molecule has 0 atom stereocenters. The molecular weight excluding hydrogens is 228 g/mol. The minimum atomic E-state index is -0.0681. The van der Waals surface area contributed by atoms with Gasteiger partial charge in [0.2, 0.25) is 0 Å². The van der Waals surface area contributed by atoms with E-state index in [1.54, 1.807) is 18.2 Å². The second kappa shape index (κ2) is 3.95. The summed E-state index contributed by atoms with van der Waals surface area (Å²) >= 11 is 0. The van der Waals surface area contributed by atoms with Crippen LogP contribution >= 0.6 is 0 Å². The Morgan fingerprint density at radius 3 is 2.33 bits per heavy atom. The van der Waals surface area contributed by atoms with E-state index in [4.69, 9.17) is 4.74 Å². The summed E-state index contributed by atoms with van der Waals surface area (Å²) in [6.07, 6.45) is 4.97. The van der Waals surface area contributed by atoms with Gasteiger partial charge in [0.1, 0.15) is 5.75 Å². The van der Waals surface area contributed by atoms with Crippen molar-refractivity contribution in [2.24, 2.45) is 0 Å². The van der Waals surface area contributed by atoms with E-state index in [2.05, 4.69) is 0 Å². The molecule has 3 heteroatoms. The van der Waals surface area contributed by atoms with Gasteiger partial charge < -0.3 is 4.74 Å². The zero-order valence-electron chi connectivity index (χ0n) is 10.0. The van der Waals surface area contributed by atoms with Gasteiger partial charge in [0.25, 0.3) is 0 Å². The number of carbonyl (C=O) groups excluding carboxylic acids is 2. The lowest BCUT2D eigenvalue weighted by Gasteiger charge is -2.23. The van der Waals surface area contributed by atoms with E-state index >= 15 is 0 Å². The fourth-order valence-corrected chi connectivity index (χ4v) is 2.55. The average Bonchev–Trinajstić information content (AvgIpc) is 2.44. The molecular formula is C15H12O3. The Labute approximate surface area is 105 Å². The number of hydrogen-bond acceptors (Lipinski definition) is 3. The van der Waals surface area contributed by atoms with Crippen LogP contribution in [0.25, 0.3) is 0 Å². The molecule has 0 N–H and O–H groups in total. The molecule has 0 radical (unpaired) electrons. The molecule has 1 aromatic carbocycles. The van der Waals surface area contributed by atoms with E-state index in [0.717, 1.165) is 0 Å². The van der Waals surface area contributed by atoms with Crippen LogP contribution in [0.1, 0.15) is 33.6 Å². The highest BCUT2D eigenvalue weighted by Gasteiger charge is 2.33. The molecule has 0 amide bonds. The quantitative estimate of drug-likeness (QED) is 0.709. The highest BCUT2D eigenvalue weighted by Crippen LogP contribution is 2.36. The second-order valence-electron chi connectivity index (χ2n) is 4.38. The first kappa shape index (κ1) is 11.0. The van der Waals surface area contributed by atoms with Gasteiger partial charge in [-0.15, -0.1) is 0 Å². The number of benzene rings is 1. The van der Waals surface area contributed by atoms with Crippen LogP contribution in [0.3, 0.4) is 0 Å². The van der Waals surface area contributed by atoms with Gasteiger partial charge in [-0.25, -0.2) is 0 Å². The van der Waals surface area contributed by atoms with Gasteiger partial charge in [0.05, 0.1) is 12.7 Å². The first-order valence-corrected chi connectivity index (χ1v) is 5.87. The number of ether oxygens (including phenoxy) is 1. The maximum Gasteiger partial charge on any atom is 0.194 e. The summed E-state index contributed by atoms with van der Waals surface area (Å²) in [6, 6.07) is 5.15. The predicted molar refractivity (Wildman–Crippen MR) is 67.1 cm³/mol. The standard InChI is InChI=1S/C15H12O3/c1-18-12-8-4-7-11-13(12)15(17)10-6-3-2-5-9(10)14(11)16/h2-4,7-8H,5-6H2,1H3. The lowest BCUT2D eigenvalue weighted by Crippen LogP contribution is -2.23. The zero-order valence-corrected chi connectivity index (χ0v) is 10.0. The second-order valence-corrected chi connectivity index (χ2v) is 4.38. The lowest BCUT2D eigenvalue weighted by atomic mass is 9.79. The molecule has 0 saturated heterocycles. The molecule has 2 aliphatic carbocycles. The summed E-state index contributed by atoms with van der Waals surface area (Å²) in [5, 5.41) is 0. The summed E-state index contributed by atoms with van der Waals surface area (Å²) in [5.41, 5.74) is 2.15. The van der Waals surface area contributed by atoms with Crippen molar-refractivity contribution in [3.63, 3.8) is 0 Å². The molecule has 0 aromatic heterocycles. The van der Waals surface area contributed by atoms with Crippen LogP contribution in [0.2, 0.25) is 0 Å². The van der Waals surface area contributed by atoms with Crippen LogP contribution in [0.15, 0.2) is 41.5 Å². The van der Waals surface area contributed by atoms with Crippen LogP contribution in [-0.2, 0) is 0 Å². The first-order valence-electron chi connectivity index (χ1n) is 5.87. The molecule has 3 rings (SSSR count). The molecule has 0 aliphatic heterocycles. The molecule has 90 valence electrons. The Hall–Kier alpha value is -2.16. The molecule has 0 bridgehead atoms. The van der Waals surface area contributed by atoms with Crippen molar-refractivity contribution in [3.8, 4) is 5.75 Å². The average molecular weight is 240 g/mol. The van der Waals surface area contributed by atoms with Gasteiger partial charge in [0.15, 0.2) is 11.6 Å². The van der Waals surface area contributed by atoms with Crippen molar-refractivity contribution in [1.29, 1.82) is 0 Å². The number of methoxy groups -OCH3 is 1. The number of rotatable bonds is 1. The van der Waals surface area contributed by atoms with Crippen molar-refractivity contribution in [2.45, 2.75) is 12.8 Å². The molecule has 18 heavy (non-hydrogen) atoms.